The number of benzene rings is 1. The molecular weight excluding hydrogens is 254 g/mol. The number of H-pyrrole nitrogens is 1. The predicted octanol–water partition coefficient (Wildman–Crippen LogP) is 2.19. The number of aromatic nitrogens is 2. The quantitative estimate of drug-likeness (QED) is 0.875. The molecule has 20 heavy (non-hydrogen) atoms. The molecule has 0 atom stereocenters. The molecule has 0 unspecified atom stereocenters. The second kappa shape index (κ2) is 6.34. The largest absolute Gasteiger partial charge is 0.439 e. The van der Waals surface area contributed by atoms with Crippen molar-refractivity contribution in [1.29, 1.82) is 0 Å². The van der Waals surface area contributed by atoms with Crippen LogP contribution in [0.3, 0.4) is 0 Å². The molecule has 3 N–H and O–H groups in total. The lowest BCUT2D eigenvalue weighted by atomic mass is 10.1. The van der Waals surface area contributed by atoms with E-state index in [2.05, 4.69) is 9.97 Å². The summed E-state index contributed by atoms with van der Waals surface area (Å²) in [7, 11) is 0. The maximum atomic E-state index is 11.6. The number of hydrogen-bond donors (Lipinski definition) is 2. The molecule has 0 spiro atoms. The Kier molecular flexibility index (Phi) is 4.53. The Hall–Kier alpha value is -2.14. The Morgan fingerprint density at radius 1 is 1.30 bits per heavy atom. The molecule has 0 saturated carbocycles. The molecule has 1 heterocycles. The molecule has 5 nitrogen and oxygen atoms in total. The molecule has 2 aromatic rings. The number of rotatable bonds is 5. The van der Waals surface area contributed by atoms with Gasteiger partial charge in [-0.3, -0.25) is 4.79 Å². The van der Waals surface area contributed by atoms with Gasteiger partial charge >= 0.3 is 0 Å². The fourth-order valence-electron chi connectivity index (χ4n) is 1.79. The summed E-state index contributed by atoms with van der Waals surface area (Å²) in [6, 6.07) is 8.96. The van der Waals surface area contributed by atoms with E-state index in [-0.39, 0.29) is 11.5 Å². The van der Waals surface area contributed by atoms with Crippen LogP contribution in [0.2, 0.25) is 0 Å². The van der Waals surface area contributed by atoms with Crippen LogP contribution in [0.5, 0.6) is 11.6 Å². The SMILES string of the molecule is CC(C)c1nc(Oc2ccc(CCN)cc2)cc(=O)[nH]1. The van der Waals surface area contributed by atoms with Gasteiger partial charge in [0, 0.05) is 5.92 Å². The van der Waals surface area contributed by atoms with E-state index in [4.69, 9.17) is 10.5 Å². The van der Waals surface area contributed by atoms with Crippen molar-refractivity contribution in [3.8, 4) is 11.6 Å². The van der Waals surface area contributed by atoms with Crippen molar-refractivity contribution in [2.75, 3.05) is 6.54 Å². The summed E-state index contributed by atoms with van der Waals surface area (Å²) in [5.41, 5.74) is 6.45. The molecule has 0 amide bonds. The Labute approximate surface area is 117 Å². The van der Waals surface area contributed by atoms with Crippen molar-refractivity contribution in [2.45, 2.75) is 26.2 Å². The van der Waals surface area contributed by atoms with Gasteiger partial charge < -0.3 is 15.5 Å². The van der Waals surface area contributed by atoms with Crippen LogP contribution in [-0.4, -0.2) is 16.5 Å². The Morgan fingerprint density at radius 2 is 2.00 bits per heavy atom. The van der Waals surface area contributed by atoms with Gasteiger partial charge in [0.2, 0.25) is 5.88 Å². The maximum absolute atomic E-state index is 11.6. The number of aromatic amines is 1. The standard InChI is InChI=1S/C15H19N3O2/c1-10(2)15-17-13(19)9-14(18-15)20-12-5-3-11(4-6-12)7-8-16/h3-6,9-10H,7-8,16H2,1-2H3,(H,17,18,19). The van der Waals surface area contributed by atoms with E-state index in [1.165, 1.54) is 6.07 Å². The minimum absolute atomic E-state index is 0.137. The molecule has 106 valence electrons. The molecule has 1 aromatic carbocycles. The van der Waals surface area contributed by atoms with Crippen molar-refractivity contribution < 1.29 is 4.74 Å². The van der Waals surface area contributed by atoms with Gasteiger partial charge in [0.1, 0.15) is 11.6 Å². The van der Waals surface area contributed by atoms with Crippen molar-refractivity contribution in [3.05, 3.63) is 52.1 Å². The van der Waals surface area contributed by atoms with Crippen molar-refractivity contribution in [2.24, 2.45) is 5.73 Å². The minimum Gasteiger partial charge on any atom is -0.439 e. The average molecular weight is 273 g/mol. The number of nitrogens with two attached hydrogens (primary N) is 1. The first-order valence-electron chi connectivity index (χ1n) is 6.66. The third-order valence-electron chi connectivity index (χ3n) is 2.86. The van der Waals surface area contributed by atoms with Gasteiger partial charge in [-0.2, -0.15) is 4.98 Å². The summed E-state index contributed by atoms with van der Waals surface area (Å²) >= 11 is 0. The molecule has 0 aliphatic heterocycles. The van der Waals surface area contributed by atoms with Gasteiger partial charge in [0.05, 0.1) is 6.07 Å². The van der Waals surface area contributed by atoms with Crippen molar-refractivity contribution in [3.63, 3.8) is 0 Å². The molecule has 0 aliphatic carbocycles. The molecule has 0 saturated heterocycles. The molecule has 5 heteroatoms. The third kappa shape index (κ3) is 3.68. The summed E-state index contributed by atoms with van der Waals surface area (Å²) < 4.78 is 5.62. The van der Waals surface area contributed by atoms with Crippen LogP contribution in [0.1, 0.15) is 31.2 Å². The van der Waals surface area contributed by atoms with Gasteiger partial charge in [-0.25, -0.2) is 0 Å². The van der Waals surface area contributed by atoms with Crippen molar-refractivity contribution >= 4 is 0 Å². The number of hydrogen-bond acceptors (Lipinski definition) is 4. The van der Waals surface area contributed by atoms with E-state index >= 15 is 0 Å². The maximum Gasteiger partial charge on any atom is 0.254 e. The first-order valence-corrected chi connectivity index (χ1v) is 6.66. The third-order valence-corrected chi connectivity index (χ3v) is 2.86. The average Bonchev–Trinajstić information content (AvgIpc) is 2.40. The molecule has 0 aliphatic rings. The monoisotopic (exact) mass is 273 g/mol. The first-order chi connectivity index (χ1) is 9.58. The van der Waals surface area contributed by atoms with Crippen LogP contribution in [0.15, 0.2) is 35.1 Å². The van der Waals surface area contributed by atoms with Crippen LogP contribution in [0, 0.1) is 0 Å². The van der Waals surface area contributed by atoms with Gasteiger partial charge in [0.15, 0.2) is 0 Å². The molecule has 0 radical (unpaired) electrons. The highest BCUT2D eigenvalue weighted by Crippen LogP contribution is 2.20. The van der Waals surface area contributed by atoms with Crippen LogP contribution in [0.4, 0.5) is 0 Å². The Bertz CT molecular complexity index is 618. The Balaban J connectivity index is 2.19. The molecular formula is C15H19N3O2. The molecule has 2 rings (SSSR count). The minimum atomic E-state index is -0.210. The highest BCUT2D eigenvalue weighted by molar-refractivity contribution is 5.30. The lowest BCUT2D eigenvalue weighted by molar-refractivity contribution is 0.455. The molecule has 1 aromatic heterocycles. The van der Waals surface area contributed by atoms with Gasteiger partial charge in [-0.05, 0) is 30.7 Å². The van der Waals surface area contributed by atoms with Crippen molar-refractivity contribution in [1.82, 2.24) is 9.97 Å². The molecule has 0 fully saturated rings. The molecule has 0 bridgehead atoms. The normalized spacial score (nSPS) is 10.8. The number of nitrogens with one attached hydrogen (secondary N) is 1. The fourth-order valence-corrected chi connectivity index (χ4v) is 1.79. The van der Waals surface area contributed by atoms with Crippen LogP contribution < -0.4 is 16.0 Å². The zero-order valence-electron chi connectivity index (χ0n) is 11.7. The summed E-state index contributed by atoms with van der Waals surface area (Å²) in [4.78, 5) is 18.5. The smallest absolute Gasteiger partial charge is 0.254 e. The zero-order chi connectivity index (χ0) is 14.5. The highest BCUT2D eigenvalue weighted by atomic mass is 16.5. The van der Waals surface area contributed by atoms with E-state index < -0.39 is 0 Å². The van der Waals surface area contributed by atoms with Gasteiger partial charge in [-0.1, -0.05) is 26.0 Å². The fraction of sp³-hybridized carbons (Fsp3) is 0.333. The van der Waals surface area contributed by atoms with Gasteiger partial charge in [-0.15, -0.1) is 0 Å². The van der Waals surface area contributed by atoms with Crippen LogP contribution >= 0.6 is 0 Å². The summed E-state index contributed by atoms with van der Waals surface area (Å²) in [6.07, 6.45) is 0.834. The van der Waals surface area contributed by atoms with Crippen LogP contribution in [0.25, 0.3) is 0 Å². The van der Waals surface area contributed by atoms with E-state index in [1.807, 2.05) is 38.1 Å². The topological polar surface area (TPSA) is 81.0 Å². The second-order valence-electron chi connectivity index (χ2n) is 4.91. The number of ether oxygens (including phenoxy) is 1. The predicted molar refractivity (Wildman–Crippen MR) is 78.2 cm³/mol. The highest BCUT2D eigenvalue weighted by Gasteiger charge is 2.07. The Morgan fingerprint density at radius 3 is 2.60 bits per heavy atom. The zero-order valence-corrected chi connectivity index (χ0v) is 11.7. The van der Waals surface area contributed by atoms with E-state index in [1.54, 1.807) is 0 Å². The summed E-state index contributed by atoms with van der Waals surface area (Å²) in [5, 5.41) is 0. The van der Waals surface area contributed by atoms with Crippen LogP contribution in [-0.2, 0) is 6.42 Å². The van der Waals surface area contributed by atoms with E-state index in [0.29, 0.717) is 24.0 Å². The van der Waals surface area contributed by atoms with E-state index in [0.717, 1.165) is 12.0 Å². The van der Waals surface area contributed by atoms with E-state index in [9.17, 15) is 4.79 Å². The first kappa shape index (κ1) is 14.3. The summed E-state index contributed by atoms with van der Waals surface area (Å²) in [5.74, 6) is 1.72. The number of nitrogens with zero attached hydrogens (tertiary/aromatic N) is 1. The van der Waals surface area contributed by atoms with Gasteiger partial charge in [0.25, 0.3) is 5.56 Å². The summed E-state index contributed by atoms with van der Waals surface area (Å²) in [6.45, 7) is 4.54. The lowest BCUT2D eigenvalue weighted by Gasteiger charge is -2.08. The lowest BCUT2D eigenvalue weighted by Crippen LogP contribution is -2.11. The second-order valence-corrected chi connectivity index (χ2v) is 4.91.